The van der Waals surface area contributed by atoms with Crippen LogP contribution in [0.5, 0.6) is 0 Å². The van der Waals surface area contributed by atoms with Crippen LogP contribution in [0.4, 0.5) is 0 Å². The van der Waals surface area contributed by atoms with Gasteiger partial charge in [0.05, 0.1) is 33.8 Å². The molecule has 1 saturated heterocycles. The summed E-state index contributed by atoms with van der Waals surface area (Å²) >= 11 is 0. The number of carbonyl (C=O) groups excluding carboxylic acids is 2. The van der Waals surface area contributed by atoms with Gasteiger partial charge in [0.25, 0.3) is 0 Å². The van der Waals surface area contributed by atoms with E-state index in [1.807, 2.05) is 6.92 Å². The average molecular weight is 326 g/mol. The molecule has 6 heteroatoms. The van der Waals surface area contributed by atoms with Crippen molar-refractivity contribution < 1.29 is 19.2 Å². The zero-order valence-corrected chi connectivity index (χ0v) is 15.0. The molecule has 2 aliphatic rings. The summed E-state index contributed by atoms with van der Waals surface area (Å²) in [7, 11) is 4.10. The lowest BCUT2D eigenvalue weighted by atomic mass is 9.83. The Morgan fingerprint density at radius 3 is 2.74 bits per heavy atom. The fourth-order valence-electron chi connectivity index (χ4n) is 3.81. The van der Waals surface area contributed by atoms with Crippen molar-refractivity contribution in [2.45, 2.75) is 57.7 Å². The van der Waals surface area contributed by atoms with Crippen molar-refractivity contribution in [1.82, 2.24) is 10.2 Å². The predicted molar refractivity (Wildman–Crippen MR) is 87.9 cm³/mol. The standard InChI is InChI=1S/C17H31N3O3/c1-5-15(21)20-14(16(22)18-9-10-19(3)4)12-23-17(20)8-6-7-13(2)11-17/h13-14H,5-12H2,1-4H3,(H,18,22)/p+1/t13-,14+,17-/m0/s1. The molecule has 1 heterocycles. The van der Waals surface area contributed by atoms with E-state index in [4.69, 9.17) is 4.74 Å². The number of quaternary nitrogens is 1. The summed E-state index contributed by atoms with van der Waals surface area (Å²) in [5, 5.41) is 2.96. The monoisotopic (exact) mass is 326 g/mol. The molecule has 0 aromatic rings. The third kappa shape index (κ3) is 4.04. The minimum Gasteiger partial charge on any atom is -0.353 e. The molecule has 23 heavy (non-hydrogen) atoms. The van der Waals surface area contributed by atoms with Gasteiger partial charge in [-0.15, -0.1) is 0 Å². The minimum atomic E-state index is -0.556. The third-order valence-electron chi connectivity index (χ3n) is 4.99. The zero-order chi connectivity index (χ0) is 17.0. The molecule has 2 N–H and O–H groups in total. The van der Waals surface area contributed by atoms with Gasteiger partial charge in [0.2, 0.25) is 11.8 Å². The molecule has 2 fully saturated rings. The number of likely N-dealkylation sites (N-methyl/N-ethyl adjacent to an activating group) is 1. The van der Waals surface area contributed by atoms with Gasteiger partial charge in [-0.2, -0.15) is 0 Å². The van der Waals surface area contributed by atoms with Crippen LogP contribution in [-0.4, -0.2) is 62.3 Å². The number of carbonyl (C=O) groups is 2. The molecule has 0 aromatic heterocycles. The first kappa shape index (κ1) is 18.2. The van der Waals surface area contributed by atoms with Crippen molar-refractivity contribution in [2.75, 3.05) is 33.8 Å². The lowest BCUT2D eigenvalue weighted by molar-refractivity contribution is -0.856. The molecule has 132 valence electrons. The third-order valence-corrected chi connectivity index (χ3v) is 4.99. The van der Waals surface area contributed by atoms with Gasteiger partial charge in [-0.25, -0.2) is 0 Å². The first-order chi connectivity index (χ1) is 10.9. The molecule has 0 unspecified atom stereocenters. The van der Waals surface area contributed by atoms with E-state index in [9.17, 15) is 9.59 Å². The number of rotatable bonds is 5. The number of hydrogen-bond donors (Lipinski definition) is 2. The summed E-state index contributed by atoms with van der Waals surface area (Å²) in [6.07, 6.45) is 4.30. The van der Waals surface area contributed by atoms with E-state index < -0.39 is 11.8 Å². The van der Waals surface area contributed by atoms with E-state index in [0.29, 0.717) is 25.5 Å². The second kappa shape index (κ2) is 7.62. The molecule has 1 spiro atoms. The normalized spacial score (nSPS) is 30.9. The largest absolute Gasteiger partial charge is 0.353 e. The van der Waals surface area contributed by atoms with Crippen molar-refractivity contribution in [3.05, 3.63) is 0 Å². The van der Waals surface area contributed by atoms with Crippen LogP contribution in [0.2, 0.25) is 0 Å². The van der Waals surface area contributed by atoms with Crippen LogP contribution in [0.1, 0.15) is 46.0 Å². The highest BCUT2D eigenvalue weighted by molar-refractivity contribution is 5.88. The number of hydrogen-bond acceptors (Lipinski definition) is 3. The Labute approximate surface area is 139 Å². The van der Waals surface area contributed by atoms with Gasteiger partial charge < -0.3 is 15.0 Å². The summed E-state index contributed by atoms with van der Waals surface area (Å²) in [4.78, 5) is 28.2. The number of ether oxygens (including phenoxy) is 1. The smallest absolute Gasteiger partial charge is 0.245 e. The molecule has 6 nitrogen and oxygen atoms in total. The summed E-state index contributed by atoms with van der Waals surface area (Å²) in [5.41, 5.74) is -0.556. The van der Waals surface area contributed by atoms with Gasteiger partial charge in [-0.3, -0.25) is 14.5 Å². The Morgan fingerprint density at radius 1 is 1.39 bits per heavy atom. The minimum absolute atomic E-state index is 0.0231. The van der Waals surface area contributed by atoms with E-state index in [0.717, 1.165) is 25.8 Å². The number of nitrogens with zero attached hydrogens (tertiary/aromatic N) is 1. The first-order valence-corrected chi connectivity index (χ1v) is 8.92. The van der Waals surface area contributed by atoms with Crippen LogP contribution in [0.3, 0.4) is 0 Å². The molecule has 3 atom stereocenters. The fraction of sp³-hybridized carbons (Fsp3) is 0.882. The maximum absolute atomic E-state index is 12.6. The van der Waals surface area contributed by atoms with Gasteiger partial charge in [0, 0.05) is 6.42 Å². The van der Waals surface area contributed by atoms with Crippen LogP contribution in [0.15, 0.2) is 0 Å². The van der Waals surface area contributed by atoms with Crippen molar-refractivity contribution in [1.29, 1.82) is 0 Å². The van der Waals surface area contributed by atoms with Crippen molar-refractivity contribution in [2.24, 2.45) is 5.92 Å². The maximum Gasteiger partial charge on any atom is 0.245 e. The molecule has 0 aromatic carbocycles. The van der Waals surface area contributed by atoms with E-state index in [-0.39, 0.29) is 11.8 Å². The van der Waals surface area contributed by atoms with Crippen LogP contribution in [-0.2, 0) is 14.3 Å². The Balaban J connectivity index is 2.10. The van der Waals surface area contributed by atoms with Crippen LogP contribution in [0.25, 0.3) is 0 Å². The van der Waals surface area contributed by atoms with Crippen molar-refractivity contribution in [3.63, 3.8) is 0 Å². The summed E-state index contributed by atoms with van der Waals surface area (Å²) < 4.78 is 6.09. The maximum atomic E-state index is 12.6. The summed E-state index contributed by atoms with van der Waals surface area (Å²) in [6.45, 7) is 5.86. The van der Waals surface area contributed by atoms with Gasteiger partial charge in [0.1, 0.15) is 11.8 Å². The fourth-order valence-corrected chi connectivity index (χ4v) is 3.81. The lowest BCUT2D eigenvalue weighted by Crippen LogP contribution is -3.06. The van der Waals surface area contributed by atoms with E-state index in [1.54, 1.807) is 4.90 Å². The van der Waals surface area contributed by atoms with Crippen molar-refractivity contribution >= 4 is 11.8 Å². The number of amides is 2. The first-order valence-electron chi connectivity index (χ1n) is 8.92. The molecule has 2 rings (SSSR count). The molecule has 0 radical (unpaired) electrons. The highest BCUT2D eigenvalue weighted by atomic mass is 16.5. The summed E-state index contributed by atoms with van der Waals surface area (Å²) in [5.74, 6) is 0.466. The Hall–Kier alpha value is -1.14. The average Bonchev–Trinajstić information content (AvgIpc) is 2.84. The number of nitrogens with one attached hydrogen (secondary N) is 2. The van der Waals surface area contributed by atoms with Crippen LogP contribution < -0.4 is 10.2 Å². The Morgan fingerprint density at radius 2 is 2.13 bits per heavy atom. The zero-order valence-electron chi connectivity index (χ0n) is 15.0. The highest BCUT2D eigenvalue weighted by Gasteiger charge is 2.53. The van der Waals surface area contributed by atoms with Gasteiger partial charge in [-0.05, 0) is 25.2 Å². The second-order valence-electron chi connectivity index (χ2n) is 7.34. The quantitative estimate of drug-likeness (QED) is 0.735. The van der Waals surface area contributed by atoms with E-state index >= 15 is 0 Å². The molecule has 1 aliphatic heterocycles. The highest BCUT2D eigenvalue weighted by Crippen LogP contribution is 2.42. The van der Waals surface area contributed by atoms with Gasteiger partial charge in [0.15, 0.2) is 0 Å². The van der Waals surface area contributed by atoms with Crippen molar-refractivity contribution in [3.8, 4) is 0 Å². The summed E-state index contributed by atoms with van der Waals surface area (Å²) in [6, 6.07) is -0.482. The Bertz CT molecular complexity index is 441. The molecular weight excluding hydrogens is 294 g/mol. The van der Waals surface area contributed by atoms with E-state index in [1.165, 1.54) is 11.3 Å². The SMILES string of the molecule is CCC(=O)N1[C@@H](C(=O)NCC[NH+](C)C)CO[C@]12CCC[C@H](C)C2. The van der Waals surface area contributed by atoms with Gasteiger partial charge in [-0.1, -0.05) is 20.3 Å². The topological polar surface area (TPSA) is 63.1 Å². The molecule has 2 amide bonds. The lowest BCUT2D eigenvalue weighted by Gasteiger charge is -2.43. The molecule has 1 saturated carbocycles. The second-order valence-corrected chi connectivity index (χ2v) is 7.34. The van der Waals surface area contributed by atoms with E-state index in [2.05, 4.69) is 26.3 Å². The van der Waals surface area contributed by atoms with Crippen LogP contribution in [0, 0.1) is 5.92 Å². The molecular formula is C17H32N3O3+. The van der Waals surface area contributed by atoms with Gasteiger partial charge >= 0.3 is 0 Å². The Kier molecular flexibility index (Phi) is 6.03. The van der Waals surface area contributed by atoms with Crippen LogP contribution >= 0.6 is 0 Å². The predicted octanol–water partition coefficient (Wildman–Crippen LogP) is -0.209. The molecule has 0 bridgehead atoms. The molecule has 1 aliphatic carbocycles.